The number of β-lactam (4-membered cyclic amide) rings is 1. The van der Waals surface area contributed by atoms with E-state index < -0.39 is 29.8 Å². The van der Waals surface area contributed by atoms with Gasteiger partial charge in [-0.15, -0.1) is 11.8 Å². The van der Waals surface area contributed by atoms with Crippen LogP contribution in [0.5, 0.6) is 5.75 Å². The highest BCUT2D eigenvalue weighted by atomic mass is 32.2. The fraction of sp³-hybridized carbons (Fsp3) is 0.355. The summed E-state index contributed by atoms with van der Waals surface area (Å²) < 4.78 is 18.0. The average Bonchev–Trinajstić information content (AvgIpc) is 3.41. The largest absolute Gasteiger partial charge is 0.508 e. The summed E-state index contributed by atoms with van der Waals surface area (Å²) in [5.41, 5.74) is -0.982. The van der Waals surface area contributed by atoms with Crippen LogP contribution < -0.4 is 16.3 Å². The van der Waals surface area contributed by atoms with E-state index in [4.69, 9.17) is 4.42 Å². The molecule has 2 aliphatic rings. The van der Waals surface area contributed by atoms with E-state index in [1.54, 1.807) is 30.5 Å². The molecule has 0 spiro atoms. The Kier molecular flexibility index (Phi) is 15.8. The number of fused-ring (bicyclic) bond motifs is 2. The number of rotatable bonds is 9. The topological polar surface area (TPSA) is 191 Å². The zero-order valence-electron chi connectivity index (χ0n) is 25.7. The Balaban J connectivity index is 0.000000333. The molecule has 1 aromatic heterocycles. The predicted molar refractivity (Wildman–Crippen MR) is 169 cm³/mol. The minimum absolute atomic E-state index is 0.0638. The number of phenolic OH excluding ortho intramolecular Hbond substituents is 1. The standard InChI is InChI=1S/C18H17N3O6S.C6H6.C4H8O3.C3H6O2/c1-8-7-21-16(25)14(17(21)28-8)20-13(23)6-19-15(24)11-4-9-2-3-10(22)5-12(9)27-18(11)26;1-2-4-6-5-3-1;1-4(6-2)7-3-5;1-2-5-3-4/h2-5,8,14,17,22H,6-7H2,1H3,(H,19,24)(H,20,23);1-6H;3-4H,1-2H3;3H,2H2,1H3. The maximum atomic E-state index is 12.3. The summed E-state index contributed by atoms with van der Waals surface area (Å²) >= 11 is 1.63. The second-order valence-electron chi connectivity index (χ2n) is 9.47. The zero-order chi connectivity index (χ0) is 34.1. The molecular formula is C31H37N3O11S. The van der Waals surface area contributed by atoms with Gasteiger partial charge in [0.05, 0.1) is 13.2 Å². The number of nitrogens with one attached hydrogen (secondary N) is 2. The number of hydrogen-bond acceptors (Lipinski definition) is 12. The van der Waals surface area contributed by atoms with Crippen molar-refractivity contribution in [1.29, 1.82) is 0 Å². The van der Waals surface area contributed by atoms with Crippen molar-refractivity contribution in [3.8, 4) is 5.75 Å². The lowest BCUT2D eigenvalue weighted by atomic mass is 10.1. The van der Waals surface area contributed by atoms with Crippen LogP contribution in [0.1, 0.15) is 31.1 Å². The zero-order valence-corrected chi connectivity index (χ0v) is 26.6. The number of methoxy groups -OCH3 is 1. The number of carbonyl (C=O) groups excluding carboxylic acids is 5. The number of carbonyl (C=O) groups is 5. The maximum Gasteiger partial charge on any atom is 0.349 e. The third-order valence-electron chi connectivity index (χ3n) is 6.14. The third-order valence-corrected chi connectivity index (χ3v) is 7.56. The first-order chi connectivity index (χ1) is 22.1. The Morgan fingerprint density at radius 3 is 2.28 bits per heavy atom. The highest BCUT2D eigenvalue weighted by molar-refractivity contribution is 8.00. The van der Waals surface area contributed by atoms with Gasteiger partial charge >= 0.3 is 5.63 Å². The van der Waals surface area contributed by atoms with Gasteiger partial charge in [0, 0.05) is 30.4 Å². The molecule has 0 aliphatic carbocycles. The molecule has 5 rings (SSSR count). The van der Waals surface area contributed by atoms with E-state index in [-0.39, 0.29) is 34.7 Å². The molecule has 2 aliphatic heterocycles. The summed E-state index contributed by atoms with van der Waals surface area (Å²) in [5, 5.41) is 15.1. The van der Waals surface area contributed by atoms with E-state index in [9.17, 15) is 33.9 Å². The van der Waals surface area contributed by atoms with Crippen LogP contribution in [0, 0.1) is 0 Å². The minimum atomic E-state index is -0.878. The van der Waals surface area contributed by atoms with Crippen LogP contribution >= 0.6 is 11.8 Å². The van der Waals surface area contributed by atoms with E-state index in [0.717, 1.165) is 0 Å². The van der Waals surface area contributed by atoms with E-state index in [0.29, 0.717) is 36.7 Å². The molecular weight excluding hydrogens is 622 g/mol. The van der Waals surface area contributed by atoms with Gasteiger partial charge in [-0.3, -0.25) is 24.0 Å². The SMILES string of the molecule is CC1CN2C(=O)C(NC(=O)CNC(=O)c3cc4ccc(O)cc4oc3=O)C2S1.CCOC=O.COC(C)OC=O.c1ccccc1. The van der Waals surface area contributed by atoms with Crippen molar-refractivity contribution in [2.45, 2.75) is 43.7 Å². The van der Waals surface area contributed by atoms with Gasteiger partial charge in [-0.25, -0.2) is 4.79 Å². The molecule has 15 heteroatoms. The summed E-state index contributed by atoms with van der Waals surface area (Å²) in [6.07, 6.45) is -0.419. The van der Waals surface area contributed by atoms with E-state index >= 15 is 0 Å². The molecule has 2 saturated heterocycles. The minimum Gasteiger partial charge on any atom is -0.508 e. The van der Waals surface area contributed by atoms with E-state index in [1.807, 2.05) is 43.3 Å². The number of hydrogen-bond donors (Lipinski definition) is 3. The Hall–Kier alpha value is -4.89. The lowest BCUT2D eigenvalue weighted by molar-refractivity contribution is -0.153. The highest BCUT2D eigenvalue weighted by Crippen LogP contribution is 2.39. The molecule has 3 aromatic rings. The summed E-state index contributed by atoms with van der Waals surface area (Å²) in [5.74, 6) is -1.46. The number of ether oxygens (including phenoxy) is 3. The van der Waals surface area contributed by atoms with E-state index in [1.165, 1.54) is 31.4 Å². The molecule has 0 saturated carbocycles. The van der Waals surface area contributed by atoms with Gasteiger partial charge in [-0.05, 0) is 32.0 Å². The van der Waals surface area contributed by atoms with Crippen molar-refractivity contribution in [3.63, 3.8) is 0 Å². The van der Waals surface area contributed by atoms with Gasteiger partial charge in [-0.2, -0.15) is 0 Å². The van der Waals surface area contributed by atoms with Gasteiger partial charge in [0.25, 0.3) is 18.9 Å². The van der Waals surface area contributed by atoms with Crippen LogP contribution in [-0.2, 0) is 33.4 Å². The van der Waals surface area contributed by atoms with Crippen molar-refractivity contribution >= 4 is 53.4 Å². The summed E-state index contributed by atoms with van der Waals surface area (Å²) in [7, 11) is 1.47. The third kappa shape index (κ3) is 11.6. The maximum absolute atomic E-state index is 12.3. The second kappa shape index (κ2) is 19.5. The average molecular weight is 660 g/mol. The van der Waals surface area contributed by atoms with Crippen LogP contribution in [0.4, 0.5) is 0 Å². The van der Waals surface area contributed by atoms with Crippen molar-refractivity contribution in [1.82, 2.24) is 15.5 Å². The number of phenols is 1. The van der Waals surface area contributed by atoms with Crippen molar-refractivity contribution in [3.05, 3.63) is 76.6 Å². The Bertz CT molecular complexity index is 1480. The first-order valence-electron chi connectivity index (χ1n) is 14.0. The lowest BCUT2D eigenvalue weighted by Gasteiger charge is -2.41. The molecule has 46 heavy (non-hydrogen) atoms. The molecule has 4 atom stereocenters. The van der Waals surface area contributed by atoms with Gasteiger partial charge in [0.2, 0.25) is 11.8 Å². The number of amides is 3. The first kappa shape index (κ1) is 37.3. The lowest BCUT2D eigenvalue weighted by Crippen LogP contribution is -2.67. The quantitative estimate of drug-likeness (QED) is 0.131. The Morgan fingerprint density at radius 1 is 1.11 bits per heavy atom. The molecule has 3 amide bonds. The molecule has 4 unspecified atom stereocenters. The fourth-order valence-corrected chi connectivity index (χ4v) is 5.29. The van der Waals surface area contributed by atoms with Crippen LogP contribution in [0.2, 0.25) is 0 Å². The summed E-state index contributed by atoms with van der Waals surface area (Å²) in [6, 6.07) is 16.9. The van der Waals surface area contributed by atoms with Crippen LogP contribution in [-0.4, -0.2) is 90.4 Å². The smallest absolute Gasteiger partial charge is 0.349 e. The second-order valence-corrected chi connectivity index (χ2v) is 11.0. The van der Waals surface area contributed by atoms with Crippen LogP contribution in [0.3, 0.4) is 0 Å². The molecule has 2 aromatic carbocycles. The van der Waals surface area contributed by atoms with Gasteiger partial charge in [0.1, 0.15) is 28.3 Å². The molecule has 3 heterocycles. The fourth-order valence-electron chi connectivity index (χ4n) is 3.89. The number of nitrogens with zero attached hydrogens (tertiary/aromatic N) is 1. The molecule has 248 valence electrons. The van der Waals surface area contributed by atoms with Crippen molar-refractivity contribution in [2.75, 3.05) is 26.8 Å². The van der Waals surface area contributed by atoms with Crippen molar-refractivity contribution in [2.24, 2.45) is 0 Å². The molecule has 0 bridgehead atoms. The number of aromatic hydroxyl groups is 1. The van der Waals surface area contributed by atoms with Crippen molar-refractivity contribution < 1.29 is 47.7 Å². The van der Waals surface area contributed by atoms with Crippen LogP contribution in [0.15, 0.2) is 69.9 Å². The Labute approximate surface area is 269 Å². The molecule has 0 radical (unpaired) electrons. The van der Waals surface area contributed by atoms with Gasteiger partial charge in [0.15, 0.2) is 6.29 Å². The number of thioether (sulfide) groups is 1. The first-order valence-corrected chi connectivity index (χ1v) is 15.0. The molecule has 14 nitrogen and oxygen atoms in total. The summed E-state index contributed by atoms with van der Waals surface area (Å²) in [6.45, 7) is 6.97. The van der Waals surface area contributed by atoms with Crippen LogP contribution in [0.25, 0.3) is 11.0 Å². The van der Waals surface area contributed by atoms with Gasteiger partial charge < -0.3 is 39.3 Å². The number of benzene rings is 2. The van der Waals surface area contributed by atoms with Gasteiger partial charge in [-0.1, -0.05) is 43.3 Å². The van der Waals surface area contributed by atoms with E-state index in [2.05, 4.69) is 24.8 Å². The summed E-state index contributed by atoms with van der Waals surface area (Å²) in [4.78, 5) is 68.7. The Morgan fingerprint density at radius 2 is 1.76 bits per heavy atom. The predicted octanol–water partition coefficient (Wildman–Crippen LogP) is 2.03. The highest BCUT2D eigenvalue weighted by Gasteiger charge is 2.53. The monoisotopic (exact) mass is 659 g/mol. The molecule has 2 fully saturated rings. The normalized spacial score (nSPS) is 17.9. The molecule has 3 N–H and O–H groups in total.